The fourth-order valence-electron chi connectivity index (χ4n) is 2.74. The summed E-state index contributed by atoms with van der Waals surface area (Å²) in [5, 5.41) is 13.0. The molecule has 3 heteroatoms. The summed E-state index contributed by atoms with van der Waals surface area (Å²) in [7, 11) is 0. The fourth-order valence-corrected chi connectivity index (χ4v) is 3.69. The highest BCUT2D eigenvalue weighted by Gasteiger charge is 2.38. The average Bonchev–Trinajstić information content (AvgIpc) is 2.71. The number of thioether (sulfide) groups is 1. The second-order valence-corrected chi connectivity index (χ2v) is 5.50. The third-order valence-corrected chi connectivity index (χ3v) is 4.63. The van der Waals surface area contributed by atoms with Crippen molar-refractivity contribution in [1.29, 1.82) is 5.26 Å². The summed E-state index contributed by atoms with van der Waals surface area (Å²) in [6.45, 7) is 0. The third-order valence-electron chi connectivity index (χ3n) is 3.47. The lowest BCUT2D eigenvalue weighted by molar-refractivity contribution is 0.262. The summed E-state index contributed by atoms with van der Waals surface area (Å²) in [5.74, 6) is 4.21. The quantitative estimate of drug-likeness (QED) is 0.723. The van der Waals surface area contributed by atoms with Crippen molar-refractivity contribution in [3.05, 3.63) is 0 Å². The average molecular weight is 220 g/mol. The molecule has 4 unspecified atom stereocenters. The molecule has 0 bridgehead atoms. The molecule has 2 aliphatic rings. The molecule has 0 aromatic rings. The Bertz CT molecular complexity index is 302. The largest absolute Gasteiger partial charge is 0.301 e. The summed E-state index contributed by atoms with van der Waals surface area (Å²) in [6.07, 6.45) is 10.2. The molecule has 2 rings (SSSR count). The molecule has 0 aromatic heterocycles. The van der Waals surface area contributed by atoms with Crippen LogP contribution in [0.25, 0.3) is 0 Å². The van der Waals surface area contributed by atoms with Crippen LogP contribution >= 0.6 is 11.8 Å². The van der Waals surface area contributed by atoms with Crippen molar-refractivity contribution in [2.24, 2.45) is 11.8 Å². The zero-order valence-electron chi connectivity index (χ0n) is 8.78. The van der Waals surface area contributed by atoms with E-state index in [9.17, 15) is 0 Å². The van der Waals surface area contributed by atoms with Gasteiger partial charge in [0, 0.05) is 6.04 Å². The topological polar surface area (TPSA) is 35.8 Å². The van der Waals surface area contributed by atoms with Crippen LogP contribution in [0.4, 0.5) is 0 Å². The lowest BCUT2D eigenvalue weighted by Gasteiger charge is -2.36. The van der Waals surface area contributed by atoms with Crippen molar-refractivity contribution in [2.45, 2.75) is 37.1 Å². The molecule has 80 valence electrons. The number of rotatable bonds is 2. The van der Waals surface area contributed by atoms with Crippen LogP contribution in [-0.4, -0.2) is 17.2 Å². The molecule has 2 nitrogen and oxygen atoms in total. The van der Waals surface area contributed by atoms with Crippen molar-refractivity contribution in [3.8, 4) is 18.4 Å². The molecule has 1 saturated heterocycles. The Kier molecular flexibility index (Phi) is 3.57. The van der Waals surface area contributed by atoms with E-state index in [1.807, 2.05) is 0 Å². The van der Waals surface area contributed by atoms with Gasteiger partial charge in [0.25, 0.3) is 0 Å². The van der Waals surface area contributed by atoms with Crippen molar-refractivity contribution < 1.29 is 0 Å². The Morgan fingerprint density at radius 1 is 1.47 bits per heavy atom. The first-order valence-electron chi connectivity index (χ1n) is 5.56. The van der Waals surface area contributed by atoms with Crippen LogP contribution in [0.2, 0.25) is 0 Å². The van der Waals surface area contributed by atoms with Crippen molar-refractivity contribution in [1.82, 2.24) is 5.32 Å². The zero-order chi connectivity index (χ0) is 10.7. The Morgan fingerprint density at radius 2 is 2.33 bits per heavy atom. The monoisotopic (exact) mass is 220 g/mol. The Hall–Kier alpha value is -0.640. The van der Waals surface area contributed by atoms with Crippen molar-refractivity contribution >= 4 is 11.8 Å². The van der Waals surface area contributed by atoms with Crippen molar-refractivity contribution in [3.63, 3.8) is 0 Å². The molecule has 1 aliphatic heterocycles. The second-order valence-electron chi connectivity index (χ2n) is 4.37. The molecule has 1 N–H and O–H groups in total. The zero-order valence-corrected chi connectivity index (χ0v) is 9.59. The Balaban J connectivity index is 1.97. The van der Waals surface area contributed by atoms with Crippen LogP contribution in [0.1, 0.15) is 25.7 Å². The summed E-state index contributed by atoms with van der Waals surface area (Å²) < 4.78 is 0. The van der Waals surface area contributed by atoms with Gasteiger partial charge in [0.15, 0.2) is 0 Å². The summed E-state index contributed by atoms with van der Waals surface area (Å²) in [4.78, 5) is 0. The Morgan fingerprint density at radius 3 is 3.07 bits per heavy atom. The van der Waals surface area contributed by atoms with Gasteiger partial charge in [0.05, 0.1) is 23.1 Å². The van der Waals surface area contributed by atoms with Crippen LogP contribution in [0.15, 0.2) is 0 Å². The maximum atomic E-state index is 9.13. The van der Waals surface area contributed by atoms with E-state index in [0.29, 0.717) is 11.8 Å². The van der Waals surface area contributed by atoms with Crippen LogP contribution in [0.3, 0.4) is 0 Å². The van der Waals surface area contributed by atoms with Gasteiger partial charge < -0.3 is 5.32 Å². The molecule has 0 radical (unpaired) electrons. The van der Waals surface area contributed by atoms with E-state index < -0.39 is 0 Å². The molecule has 1 heterocycles. The molecule has 0 amide bonds. The van der Waals surface area contributed by atoms with E-state index in [1.165, 1.54) is 19.3 Å². The molecule has 1 aliphatic carbocycles. The number of piperidine rings is 1. The number of nitrogens with one attached hydrogen (secondary N) is 1. The van der Waals surface area contributed by atoms with Crippen LogP contribution in [-0.2, 0) is 0 Å². The van der Waals surface area contributed by atoms with Gasteiger partial charge in [-0.25, -0.2) is 0 Å². The predicted octanol–water partition coefficient (Wildman–Crippen LogP) is 1.98. The van der Waals surface area contributed by atoms with Crippen molar-refractivity contribution in [2.75, 3.05) is 5.75 Å². The Labute approximate surface area is 95.8 Å². The summed E-state index contributed by atoms with van der Waals surface area (Å²) >= 11 is 1.71. The highest BCUT2D eigenvalue weighted by atomic mass is 32.2. The standard InChI is InChI=1S/C12H16N2S/c1-2-6-15-12-10(8-13)7-9-4-3-5-11(9)14-12/h1,9-12,14H,3-7H2. The predicted molar refractivity (Wildman–Crippen MR) is 63.1 cm³/mol. The molecular weight excluding hydrogens is 204 g/mol. The second kappa shape index (κ2) is 4.92. The van der Waals surface area contributed by atoms with Gasteiger partial charge in [-0.3, -0.25) is 0 Å². The molecular formula is C12H16N2S. The first-order valence-corrected chi connectivity index (χ1v) is 6.60. The first kappa shape index (κ1) is 10.9. The smallest absolute Gasteiger partial charge is 0.0713 e. The highest BCUT2D eigenvalue weighted by molar-refractivity contribution is 8.00. The van der Waals surface area contributed by atoms with Gasteiger partial charge in [-0.05, 0) is 25.2 Å². The molecule has 0 spiro atoms. The SMILES string of the molecule is C#CCSC1NC2CCCC2CC1C#N. The van der Waals surface area contributed by atoms with E-state index in [-0.39, 0.29) is 11.3 Å². The number of nitriles is 1. The minimum Gasteiger partial charge on any atom is -0.301 e. The number of hydrogen-bond donors (Lipinski definition) is 1. The van der Waals surface area contributed by atoms with Gasteiger partial charge in [-0.1, -0.05) is 12.3 Å². The summed E-state index contributed by atoms with van der Waals surface area (Å²) in [5.41, 5.74) is 0. The van der Waals surface area contributed by atoms with Gasteiger partial charge in [-0.2, -0.15) is 5.26 Å². The minimum absolute atomic E-state index is 0.141. The summed E-state index contributed by atoms with van der Waals surface area (Å²) in [6, 6.07) is 3.07. The lowest BCUT2D eigenvalue weighted by atomic mass is 9.87. The van der Waals surface area contributed by atoms with E-state index in [4.69, 9.17) is 11.7 Å². The number of nitrogens with zero attached hydrogens (tertiary/aromatic N) is 1. The molecule has 4 atom stereocenters. The lowest BCUT2D eigenvalue weighted by Crippen LogP contribution is -2.48. The van der Waals surface area contributed by atoms with Crippen LogP contribution in [0.5, 0.6) is 0 Å². The molecule has 2 fully saturated rings. The van der Waals surface area contributed by atoms with Gasteiger partial charge in [0.1, 0.15) is 0 Å². The van der Waals surface area contributed by atoms with E-state index >= 15 is 0 Å². The normalized spacial score (nSPS) is 39.1. The van der Waals surface area contributed by atoms with E-state index in [0.717, 1.165) is 12.3 Å². The van der Waals surface area contributed by atoms with Gasteiger partial charge in [0.2, 0.25) is 0 Å². The van der Waals surface area contributed by atoms with E-state index in [1.54, 1.807) is 11.8 Å². The fraction of sp³-hybridized carbons (Fsp3) is 0.750. The molecule has 0 aromatic carbocycles. The maximum absolute atomic E-state index is 9.13. The van der Waals surface area contributed by atoms with Gasteiger partial charge in [-0.15, -0.1) is 18.2 Å². The first-order chi connectivity index (χ1) is 7.35. The molecule has 1 saturated carbocycles. The van der Waals surface area contributed by atoms with Gasteiger partial charge >= 0.3 is 0 Å². The van der Waals surface area contributed by atoms with Crippen LogP contribution in [0, 0.1) is 35.5 Å². The minimum atomic E-state index is 0.141. The third kappa shape index (κ3) is 2.30. The number of hydrogen-bond acceptors (Lipinski definition) is 3. The number of fused-ring (bicyclic) bond motifs is 1. The highest BCUT2D eigenvalue weighted by Crippen LogP contribution is 2.38. The van der Waals surface area contributed by atoms with Crippen LogP contribution < -0.4 is 5.32 Å². The number of terminal acetylenes is 1. The maximum Gasteiger partial charge on any atom is 0.0713 e. The van der Waals surface area contributed by atoms with E-state index in [2.05, 4.69) is 17.3 Å². The molecule has 15 heavy (non-hydrogen) atoms.